The first-order valence-electron chi connectivity index (χ1n) is 7.63. The lowest BCUT2D eigenvalue weighted by atomic mass is 9.97. The van der Waals surface area contributed by atoms with Crippen LogP contribution in [0.5, 0.6) is 0 Å². The van der Waals surface area contributed by atoms with Crippen LogP contribution in [-0.2, 0) is 16.2 Å². The molecule has 0 atom stereocenters. The van der Waals surface area contributed by atoms with Crippen molar-refractivity contribution in [3.8, 4) is 22.4 Å². The molecule has 0 spiro atoms. The molecule has 1 heterocycles. The minimum atomic E-state index is -4.64. The number of nitrogens with two attached hydrogens (primary N) is 1. The zero-order chi connectivity index (χ0) is 20.7. The summed E-state index contributed by atoms with van der Waals surface area (Å²) in [5.74, 6) is -2.86. The van der Waals surface area contributed by atoms with E-state index in [0.29, 0.717) is 12.1 Å². The van der Waals surface area contributed by atoms with E-state index in [9.17, 15) is 30.4 Å². The van der Waals surface area contributed by atoms with Gasteiger partial charge in [-0.3, -0.25) is 4.98 Å². The second-order valence-corrected chi connectivity index (χ2v) is 7.29. The van der Waals surface area contributed by atoms with Crippen molar-refractivity contribution in [3.05, 3.63) is 71.9 Å². The van der Waals surface area contributed by atoms with Gasteiger partial charge in [-0.25, -0.2) is 22.3 Å². The van der Waals surface area contributed by atoms with Gasteiger partial charge in [0.2, 0.25) is 10.0 Å². The summed E-state index contributed by atoms with van der Waals surface area (Å²) in [7, 11) is -4.64. The quantitative estimate of drug-likeness (QED) is 0.648. The molecule has 3 rings (SSSR count). The summed E-state index contributed by atoms with van der Waals surface area (Å²) < 4.78 is 89.9. The lowest BCUT2D eigenvalue weighted by Gasteiger charge is -2.13. The number of hydrogen-bond acceptors (Lipinski definition) is 3. The molecule has 3 aromatic rings. The van der Waals surface area contributed by atoms with Gasteiger partial charge in [0.1, 0.15) is 11.6 Å². The molecule has 0 radical (unpaired) electrons. The van der Waals surface area contributed by atoms with Crippen molar-refractivity contribution < 1.29 is 30.4 Å². The number of benzene rings is 2. The van der Waals surface area contributed by atoms with Crippen molar-refractivity contribution in [2.75, 3.05) is 0 Å². The number of pyridine rings is 1. The number of primary sulfonamides is 1. The Balaban J connectivity index is 2.20. The third-order valence-electron chi connectivity index (χ3n) is 3.86. The molecular weight excluding hydrogens is 403 g/mol. The van der Waals surface area contributed by atoms with Crippen molar-refractivity contribution in [3.63, 3.8) is 0 Å². The molecule has 0 unspecified atom stereocenters. The molecule has 0 aliphatic rings. The van der Waals surface area contributed by atoms with Crippen LogP contribution < -0.4 is 5.14 Å². The number of alkyl halides is 3. The van der Waals surface area contributed by atoms with Crippen molar-refractivity contribution in [1.82, 2.24) is 4.98 Å². The average molecular weight is 414 g/mol. The highest BCUT2D eigenvalue weighted by atomic mass is 32.2. The Morgan fingerprint density at radius 2 is 1.54 bits per heavy atom. The van der Waals surface area contributed by atoms with E-state index in [1.807, 2.05) is 0 Å². The first kappa shape index (κ1) is 19.9. The fourth-order valence-corrected chi connectivity index (χ4v) is 3.36. The van der Waals surface area contributed by atoms with E-state index in [4.69, 9.17) is 5.14 Å². The van der Waals surface area contributed by atoms with E-state index in [0.717, 1.165) is 12.1 Å². The smallest absolute Gasteiger partial charge is 0.256 e. The van der Waals surface area contributed by atoms with Crippen LogP contribution in [0.25, 0.3) is 22.4 Å². The fourth-order valence-electron chi connectivity index (χ4n) is 2.70. The molecule has 0 aliphatic heterocycles. The van der Waals surface area contributed by atoms with Gasteiger partial charge >= 0.3 is 6.18 Å². The van der Waals surface area contributed by atoms with E-state index in [-0.39, 0.29) is 22.4 Å². The molecule has 0 bridgehead atoms. The van der Waals surface area contributed by atoms with Gasteiger partial charge in [0.25, 0.3) is 0 Å². The second kappa shape index (κ2) is 6.95. The second-order valence-electron chi connectivity index (χ2n) is 5.79. The van der Waals surface area contributed by atoms with Crippen LogP contribution in [-0.4, -0.2) is 13.4 Å². The van der Waals surface area contributed by atoms with Crippen molar-refractivity contribution in [2.45, 2.75) is 11.1 Å². The van der Waals surface area contributed by atoms with E-state index in [2.05, 4.69) is 4.98 Å². The predicted molar refractivity (Wildman–Crippen MR) is 91.4 cm³/mol. The van der Waals surface area contributed by atoms with Gasteiger partial charge < -0.3 is 0 Å². The number of hydrogen-bond donors (Lipinski definition) is 1. The third-order valence-corrected chi connectivity index (χ3v) is 4.82. The minimum absolute atomic E-state index is 0.0272. The van der Waals surface area contributed by atoms with E-state index >= 15 is 0 Å². The number of halogens is 5. The molecule has 0 saturated heterocycles. The summed E-state index contributed by atoms with van der Waals surface area (Å²) in [6, 6.07) is 8.66. The van der Waals surface area contributed by atoms with Gasteiger partial charge in [0, 0.05) is 17.3 Å². The summed E-state index contributed by atoms with van der Waals surface area (Å²) in [4.78, 5) is 2.70. The van der Waals surface area contributed by atoms with Crippen LogP contribution in [0.1, 0.15) is 5.56 Å². The molecule has 0 amide bonds. The fraction of sp³-hybridized carbons (Fsp3) is 0.0556. The third kappa shape index (κ3) is 3.87. The molecule has 28 heavy (non-hydrogen) atoms. The van der Waals surface area contributed by atoms with Crippen LogP contribution in [0, 0.1) is 11.6 Å². The van der Waals surface area contributed by atoms with E-state index < -0.39 is 38.3 Å². The summed E-state index contributed by atoms with van der Waals surface area (Å²) in [6.45, 7) is 0. The Hall–Kier alpha value is -2.85. The van der Waals surface area contributed by atoms with Crippen LogP contribution in [0.2, 0.25) is 0 Å². The molecule has 10 heteroatoms. The first-order valence-corrected chi connectivity index (χ1v) is 9.18. The largest absolute Gasteiger partial charge is 0.416 e. The molecule has 146 valence electrons. The van der Waals surface area contributed by atoms with Gasteiger partial charge in [-0.05, 0) is 35.9 Å². The standard InChI is InChI=1S/C18H11F5N2O2S/c19-14-8-11(9-15(20)17(14)28(24,26)27)16-13(5-2-6-25-16)10-3-1-4-12(7-10)18(21,22)23/h1-9H,(H2,24,26,27). The molecule has 0 saturated carbocycles. The number of nitrogens with zero attached hydrogens (tertiary/aromatic N) is 1. The summed E-state index contributed by atoms with van der Waals surface area (Å²) in [6.07, 6.45) is -3.29. The van der Waals surface area contributed by atoms with Gasteiger partial charge in [0.05, 0.1) is 11.3 Å². The van der Waals surface area contributed by atoms with Gasteiger partial charge in [0.15, 0.2) is 4.90 Å². The van der Waals surface area contributed by atoms with Crippen LogP contribution in [0.3, 0.4) is 0 Å². The Bertz CT molecular complexity index is 1140. The topological polar surface area (TPSA) is 73.1 Å². The lowest BCUT2D eigenvalue weighted by Crippen LogP contribution is -2.16. The number of sulfonamides is 1. The zero-order valence-corrected chi connectivity index (χ0v) is 14.7. The van der Waals surface area contributed by atoms with Crippen molar-refractivity contribution in [1.29, 1.82) is 0 Å². The highest BCUT2D eigenvalue weighted by molar-refractivity contribution is 7.89. The summed E-state index contributed by atoms with van der Waals surface area (Å²) in [5.41, 5.74) is -0.789. The Morgan fingerprint density at radius 1 is 0.893 bits per heavy atom. The van der Waals surface area contributed by atoms with Crippen molar-refractivity contribution >= 4 is 10.0 Å². The van der Waals surface area contributed by atoms with Gasteiger partial charge in [-0.1, -0.05) is 18.2 Å². The van der Waals surface area contributed by atoms with Crippen LogP contribution in [0.15, 0.2) is 59.6 Å². The average Bonchev–Trinajstić information content (AvgIpc) is 2.59. The highest BCUT2D eigenvalue weighted by Crippen LogP contribution is 2.36. The summed E-state index contributed by atoms with van der Waals surface area (Å²) in [5, 5.41) is 4.80. The molecule has 0 aliphatic carbocycles. The van der Waals surface area contributed by atoms with Crippen LogP contribution in [0.4, 0.5) is 22.0 Å². The maximum atomic E-state index is 14.2. The highest BCUT2D eigenvalue weighted by Gasteiger charge is 2.30. The molecule has 0 fully saturated rings. The van der Waals surface area contributed by atoms with E-state index in [1.165, 1.54) is 30.5 Å². The molecule has 4 nitrogen and oxygen atoms in total. The zero-order valence-electron chi connectivity index (χ0n) is 13.8. The van der Waals surface area contributed by atoms with Crippen LogP contribution >= 0.6 is 0 Å². The monoisotopic (exact) mass is 414 g/mol. The molecule has 2 aromatic carbocycles. The lowest BCUT2D eigenvalue weighted by molar-refractivity contribution is -0.137. The normalized spacial score (nSPS) is 12.2. The molecular formula is C18H11F5N2O2S. The molecule has 1 aromatic heterocycles. The Kier molecular flexibility index (Phi) is 4.94. The minimum Gasteiger partial charge on any atom is -0.256 e. The Labute approximate surface area is 156 Å². The first-order chi connectivity index (χ1) is 13.0. The maximum Gasteiger partial charge on any atom is 0.416 e. The Morgan fingerprint density at radius 3 is 2.11 bits per heavy atom. The predicted octanol–water partition coefficient (Wildman–Crippen LogP) is 4.36. The number of aromatic nitrogens is 1. The number of rotatable bonds is 3. The van der Waals surface area contributed by atoms with E-state index in [1.54, 1.807) is 0 Å². The van der Waals surface area contributed by atoms with Crippen molar-refractivity contribution in [2.24, 2.45) is 5.14 Å². The SMILES string of the molecule is NS(=O)(=O)c1c(F)cc(-c2ncccc2-c2cccc(C(F)(F)F)c2)cc1F. The maximum absolute atomic E-state index is 14.2. The van der Waals surface area contributed by atoms with Gasteiger partial charge in [-0.2, -0.15) is 13.2 Å². The molecule has 2 N–H and O–H groups in total. The summed E-state index contributed by atoms with van der Waals surface area (Å²) >= 11 is 0. The van der Waals surface area contributed by atoms with Gasteiger partial charge in [-0.15, -0.1) is 0 Å².